The van der Waals surface area contributed by atoms with E-state index in [1.165, 1.54) is 12.1 Å². The van der Waals surface area contributed by atoms with Gasteiger partial charge in [0, 0.05) is 5.56 Å². The summed E-state index contributed by atoms with van der Waals surface area (Å²) in [5.41, 5.74) is 1.60. The largest absolute Gasteiger partial charge is 0.508 e. The summed E-state index contributed by atoms with van der Waals surface area (Å²) in [6.45, 7) is 3.68. The topological polar surface area (TPSA) is 46.5 Å². The first kappa shape index (κ1) is 14.9. The second-order valence-electron chi connectivity index (χ2n) is 4.74. The summed E-state index contributed by atoms with van der Waals surface area (Å²) >= 11 is 0. The third-order valence-corrected chi connectivity index (χ3v) is 3.07. The van der Waals surface area contributed by atoms with Crippen LogP contribution in [0.4, 0.5) is 0 Å². The van der Waals surface area contributed by atoms with E-state index in [9.17, 15) is 9.90 Å². The second-order valence-corrected chi connectivity index (χ2v) is 4.74. The number of phenols is 1. The molecule has 1 unspecified atom stereocenters. The summed E-state index contributed by atoms with van der Waals surface area (Å²) < 4.78 is 5.66. The molecule has 0 fully saturated rings. The average Bonchev–Trinajstić information content (AvgIpc) is 2.49. The van der Waals surface area contributed by atoms with Gasteiger partial charge in [0.25, 0.3) is 0 Å². The van der Waals surface area contributed by atoms with Crippen LogP contribution in [0.25, 0.3) is 6.08 Å². The highest BCUT2D eigenvalue weighted by atomic mass is 16.5. The summed E-state index contributed by atoms with van der Waals surface area (Å²) in [6, 6.07) is 13.7. The second kappa shape index (κ2) is 6.75. The zero-order valence-corrected chi connectivity index (χ0v) is 12.1. The van der Waals surface area contributed by atoms with E-state index in [0.717, 1.165) is 5.56 Å². The highest BCUT2D eigenvalue weighted by Crippen LogP contribution is 2.17. The van der Waals surface area contributed by atoms with Gasteiger partial charge in [-0.25, -0.2) is 0 Å². The minimum Gasteiger partial charge on any atom is -0.508 e. The quantitative estimate of drug-likeness (QED) is 0.841. The van der Waals surface area contributed by atoms with Crippen LogP contribution in [0, 0.1) is 0 Å². The van der Waals surface area contributed by atoms with Gasteiger partial charge in [0.1, 0.15) is 11.5 Å². The van der Waals surface area contributed by atoms with E-state index in [4.69, 9.17) is 4.74 Å². The van der Waals surface area contributed by atoms with Gasteiger partial charge in [-0.1, -0.05) is 24.3 Å². The molecule has 1 atom stereocenters. The molecule has 0 radical (unpaired) electrons. The van der Waals surface area contributed by atoms with Gasteiger partial charge in [-0.3, -0.25) is 4.79 Å². The third kappa shape index (κ3) is 3.96. The first-order valence-electron chi connectivity index (χ1n) is 6.83. The third-order valence-electron chi connectivity index (χ3n) is 3.07. The molecule has 0 aliphatic carbocycles. The van der Waals surface area contributed by atoms with E-state index in [0.29, 0.717) is 11.3 Å². The van der Waals surface area contributed by atoms with Crippen LogP contribution in [0.15, 0.2) is 54.6 Å². The van der Waals surface area contributed by atoms with Crippen LogP contribution in [-0.2, 0) is 0 Å². The van der Waals surface area contributed by atoms with Gasteiger partial charge in [0.2, 0.25) is 5.78 Å². The van der Waals surface area contributed by atoms with Gasteiger partial charge in [-0.2, -0.15) is 0 Å². The molecule has 0 saturated carbocycles. The molecule has 21 heavy (non-hydrogen) atoms. The minimum absolute atomic E-state index is 0.118. The molecule has 108 valence electrons. The molecular formula is C18H18O3. The molecule has 0 spiro atoms. The van der Waals surface area contributed by atoms with Crippen LogP contribution in [-0.4, -0.2) is 17.0 Å². The summed E-state index contributed by atoms with van der Waals surface area (Å²) in [6.07, 6.45) is 3.38. The molecule has 0 aromatic heterocycles. The van der Waals surface area contributed by atoms with E-state index in [1.807, 2.05) is 43.3 Å². The Hall–Kier alpha value is -2.55. The molecule has 3 heteroatoms. The number of rotatable bonds is 5. The van der Waals surface area contributed by atoms with Crippen molar-refractivity contribution in [3.8, 4) is 11.5 Å². The molecule has 2 aromatic rings. The van der Waals surface area contributed by atoms with Gasteiger partial charge in [-0.05, 0) is 55.8 Å². The molecule has 2 rings (SSSR count). The average molecular weight is 282 g/mol. The van der Waals surface area contributed by atoms with Crippen molar-refractivity contribution in [1.29, 1.82) is 0 Å². The maximum atomic E-state index is 12.2. The van der Waals surface area contributed by atoms with Crippen LogP contribution >= 0.6 is 0 Å². The molecule has 0 bridgehead atoms. The number of allylic oxidation sites excluding steroid dienone is 1. The predicted octanol–water partition coefficient (Wildman–Crippen LogP) is 4.08. The highest BCUT2D eigenvalue weighted by molar-refractivity contribution is 5.99. The van der Waals surface area contributed by atoms with Gasteiger partial charge < -0.3 is 9.84 Å². The Kier molecular flexibility index (Phi) is 4.77. The fourth-order valence-corrected chi connectivity index (χ4v) is 1.97. The normalized spacial score (nSPS) is 12.3. The van der Waals surface area contributed by atoms with Crippen molar-refractivity contribution < 1.29 is 14.6 Å². The van der Waals surface area contributed by atoms with Crippen LogP contribution in [0.5, 0.6) is 11.5 Å². The van der Waals surface area contributed by atoms with E-state index in [-0.39, 0.29) is 11.5 Å². The van der Waals surface area contributed by atoms with Gasteiger partial charge in [0.05, 0.1) is 0 Å². The Morgan fingerprint density at radius 1 is 1.10 bits per heavy atom. The van der Waals surface area contributed by atoms with Crippen LogP contribution in [0.1, 0.15) is 29.8 Å². The van der Waals surface area contributed by atoms with Crippen LogP contribution in [0.2, 0.25) is 0 Å². The van der Waals surface area contributed by atoms with E-state index in [1.54, 1.807) is 19.1 Å². The monoisotopic (exact) mass is 282 g/mol. The number of carbonyl (C=O) groups is 1. The van der Waals surface area contributed by atoms with Crippen molar-refractivity contribution in [3.63, 3.8) is 0 Å². The van der Waals surface area contributed by atoms with Crippen molar-refractivity contribution in [2.75, 3.05) is 0 Å². The number of carbonyl (C=O) groups excluding carboxylic acids is 1. The Labute approximate surface area is 124 Å². The van der Waals surface area contributed by atoms with Gasteiger partial charge >= 0.3 is 0 Å². The molecular weight excluding hydrogens is 264 g/mol. The Balaban J connectivity index is 2.04. The molecule has 3 nitrogen and oxygen atoms in total. The first-order valence-corrected chi connectivity index (χ1v) is 6.83. The minimum atomic E-state index is -0.581. The number of hydrogen-bond acceptors (Lipinski definition) is 3. The summed E-state index contributed by atoms with van der Waals surface area (Å²) in [7, 11) is 0. The standard InChI is InChI=1S/C18H18O3/c1-3-4-14-5-11-17(12-6-14)21-13(2)18(20)15-7-9-16(19)10-8-15/h3-13,19H,1-2H3. The maximum Gasteiger partial charge on any atom is 0.202 e. The highest BCUT2D eigenvalue weighted by Gasteiger charge is 2.16. The van der Waals surface area contributed by atoms with Crippen molar-refractivity contribution in [3.05, 3.63) is 65.7 Å². The molecule has 2 aromatic carbocycles. The SMILES string of the molecule is CC=Cc1ccc(OC(C)C(=O)c2ccc(O)cc2)cc1. The number of hydrogen-bond donors (Lipinski definition) is 1. The molecule has 0 amide bonds. The maximum absolute atomic E-state index is 12.2. The Morgan fingerprint density at radius 2 is 1.71 bits per heavy atom. The fraction of sp³-hybridized carbons (Fsp3) is 0.167. The van der Waals surface area contributed by atoms with E-state index in [2.05, 4.69) is 0 Å². The molecule has 0 aliphatic rings. The fourth-order valence-electron chi connectivity index (χ4n) is 1.97. The van der Waals surface area contributed by atoms with E-state index < -0.39 is 6.10 Å². The number of ketones is 1. The van der Waals surface area contributed by atoms with Crippen LogP contribution < -0.4 is 4.74 Å². The Morgan fingerprint density at radius 3 is 2.29 bits per heavy atom. The predicted molar refractivity (Wildman–Crippen MR) is 83.7 cm³/mol. The summed E-state index contributed by atoms with van der Waals surface area (Å²) in [5, 5.41) is 9.23. The lowest BCUT2D eigenvalue weighted by Gasteiger charge is -2.14. The lowest BCUT2D eigenvalue weighted by molar-refractivity contribution is 0.0818. The van der Waals surface area contributed by atoms with Crippen molar-refractivity contribution in [2.45, 2.75) is 20.0 Å². The molecule has 0 aliphatic heterocycles. The van der Waals surface area contributed by atoms with Crippen molar-refractivity contribution in [2.24, 2.45) is 0 Å². The first-order chi connectivity index (χ1) is 10.1. The van der Waals surface area contributed by atoms with Crippen molar-refractivity contribution in [1.82, 2.24) is 0 Å². The molecule has 0 heterocycles. The van der Waals surface area contributed by atoms with E-state index >= 15 is 0 Å². The number of benzene rings is 2. The number of Topliss-reactive ketones (excluding diaryl/α,β-unsaturated/α-hetero) is 1. The van der Waals surface area contributed by atoms with Crippen molar-refractivity contribution >= 4 is 11.9 Å². The van der Waals surface area contributed by atoms with Crippen LogP contribution in [0.3, 0.4) is 0 Å². The summed E-state index contributed by atoms with van der Waals surface area (Å²) in [5.74, 6) is 0.676. The lowest BCUT2D eigenvalue weighted by Crippen LogP contribution is -2.23. The number of phenolic OH excluding ortho intramolecular Hbond substituents is 1. The van der Waals surface area contributed by atoms with Gasteiger partial charge in [-0.15, -0.1) is 0 Å². The molecule has 0 saturated heterocycles. The Bertz CT molecular complexity index is 625. The number of ether oxygens (including phenoxy) is 1. The summed E-state index contributed by atoms with van der Waals surface area (Å²) in [4.78, 5) is 12.2. The molecule has 1 N–H and O–H groups in total. The number of aromatic hydroxyl groups is 1. The zero-order valence-electron chi connectivity index (χ0n) is 12.1. The van der Waals surface area contributed by atoms with Gasteiger partial charge in [0.15, 0.2) is 6.10 Å². The smallest absolute Gasteiger partial charge is 0.202 e. The zero-order chi connectivity index (χ0) is 15.2. The lowest BCUT2D eigenvalue weighted by atomic mass is 10.1.